The fraction of sp³-hybridized carbons (Fsp3) is 0.294. The average Bonchev–Trinajstić information content (AvgIpc) is 2.70. The molecule has 0 saturated carbocycles. The van der Waals surface area contributed by atoms with Crippen LogP contribution in [0.1, 0.15) is 23.6 Å². The van der Waals surface area contributed by atoms with Crippen molar-refractivity contribution >= 4 is 5.69 Å². The molecule has 1 aliphatic rings. The summed E-state index contributed by atoms with van der Waals surface area (Å²) >= 11 is 0. The average molecular weight is 252 g/mol. The van der Waals surface area contributed by atoms with Crippen LogP contribution < -0.4 is 10.2 Å². The van der Waals surface area contributed by atoms with Gasteiger partial charge < -0.3 is 10.2 Å². The number of para-hydroxylation sites is 1. The molecule has 2 heteroatoms. The van der Waals surface area contributed by atoms with Crippen molar-refractivity contribution in [3.05, 3.63) is 65.7 Å². The Morgan fingerprint density at radius 3 is 2.58 bits per heavy atom. The summed E-state index contributed by atoms with van der Waals surface area (Å²) in [5.41, 5.74) is 4.16. The third-order valence-electron chi connectivity index (χ3n) is 3.96. The summed E-state index contributed by atoms with van der Waals surface area (Å²) in [7, 11) is 2.20. The summed E-state index contributed by atoms with van der Waals surface area (Å²) in [6.45, 7) is 2.05. The number of fused-ring (bicyclic) bond motifs is 1. The van der Waals surface area contributed by atoms with E-state index >= 15 is 0 Å². The van der Waals surface area contributed by atoms with Crippen LogP contribution >= 0.6 is 0 Å². The monoisotopic (exact) mass is 252 g/mol. The van der Waals surface area contributed by atoms with E-state index in [1.165, 1.54) is 16.8 Å². The van der Waals surface area contributed by atoms with E-state index in [9.17, 15) is 0 Å². The van der Waals surface area contributed by atoms with E-state index in [1.807, 2.05) is 0 Å². The van der Waals surface area contributed by atoms with Crippen LogP contribution in [0.25, 0.3) is 0 Å². The Hall–Kier alpha value is -1.80. The van der Waals surface area contributed by atoms with E-state index < -0.39 is 0 Å². The van der Waals surface area contributed by atoms with Gasteiger partial charge in [0.15, 0.2) is 0 Å². The van der Waals surface area contributed by atoms with E-state index in [0.29, 0.717) is 6.04 Å². The van der Waals surface area contributed by atoms with E-state index in [1.54, 1.807) is 0 Å². The molecule has 2 aromatic carbocycles. The predicted octanol–water partition coefficient (Wildman–Crippen LogP) is 3.36. The molecule has 1 aliphatic heterocycles. The predicted molar refractivity (Wildman–Crippen MR) is 80.4 cm³/mol. The first kappa shape index (κ1) is 12.2. The Labute approximate surface area is 115 Å². The summed E-state index contributed by atoms with van der Waals surface area (Å²) in [4.78, 5) is 2.39. The van der Waals surface area contributed by atoms with Gasteiger partial charge in [-0.15, -0.1) is 0 Å². The number of hydrogen-bond donors (Lipinski definition) is 1. The van der Waals surface area contributed by atoms with Gasteiger partial charge in [-0.1, -0.05) is 42.5 Å². The maximum Gasteiger partial charge on any atom is 0.0554 e. The first-order chi connectivity index (χ1) is 9.36. The Morgan fingerprint density at radius 2 is 1.74 bits per heavy atom. The third kappa shape index (κ3) is 2.49. The second kappa shape index (κ2) is 5.45. The van der Waals surface area contributed by atoms with Crippen molar-refractivity contribution in [3.8, 4) is 0 Å². The molecule has 2 nitrogen and oxygen atoms in total. The van der Waals surface area contributed by atoms with Gasteiger partial charge in [-0.05, 0) is 36.2 Å². The number of benzene rings is 2. The van der Waals surface area contributed by atoms with Crippen LogP contribution in [0.4, 0.5) is 5.69 Å². The smallest absolute Gasteiger partial charge is 0.0554 e. The molecule has 98 valence electrons. The first-order valence-electron chi connectivity index (χ1n) is 6.92. The summed E-state index contributed by atoms with van der Waals surface area (Å²) in [5.74, 6) is 0. The summed E-state index contributed by atoms with van der Waals surface area (Å²) in [5, 5.41) is 3.51. The third-order valence-corrected chi connectivity index (χ3v) is 3.96. The van der Waals surface area contributed by atoms with Gasteiger partial charge in [0.2, 0.25) is 0 Å². The molecule has 0 aromatic heterocycles. The Kier molecular flexibility index (Phi) is 3.51. The van der Waals surface area contributed by atoms with Gasteiger partial charge in [-0.3, -0.25) is 0 Å². The number of nitrogens with one attached hydrogen (secondary N) is 1. The zero-order chi connectivity index (χ0) is 13.1. The number of rotatable bonds is 2. The molecule has 1 atom stereocenters. The van der Waals surface area contributed by atoms with Crippen LogP contribution in [0.5, 0.6) is 0 Å². The lowest BCUT2D eigenvalue weighted by Gasteiger charge is -2.30. The molecule has 2 aromatic rings. The van der Waals surface area contributed by atoms with Gasteiger partial charge in [0.1, 0.15) is 0 Å². The molecule has 0 bridgehead atoms. The van der Waals surface area contributed by atoms with Gasteiger partial charge in [0, 0.05) is 19.3 Å². The van der Waals surface area contributed by atoms with Crippen molar-refractivity contribution in [1.82, 2.24) is 5.32 Å². The van der Waals surface area contributed by atoms with Crippen molar-refractivity contribution in [2.24, 2.45) is 0 Å². The molecular weight excluding hydrogens is 232 g/mol. The van der Waals surface area contributed by atoms with Gasteiger partial charge in [-0.25, -0.2) is 0 Å². The van der Waals surface area contributed by atoms with Crippen LogP contribution in [0, 0.1) is 0 Å². The van der Waals surface area contributed by atoms with Gasteiger partial charge in [0.05, 0.1) is 6.04 Å². The van der Waals surface area contributed by atoms with Crippen LogP contribution in [-0.2, 0) is 6.54 Å². The van der Waals surface area contributed by atoms with Crippen molar-refractivity contribution in [2.75, 3.05) is 18.5 Å². The maximum absolute atomic E-state index is 3.51. The van der Waals surface area contributed by atoms with Gasteiger partial charge >= 0.3 is 0 Å². The fourth-order valence-corrected chi connectivity index (χ4v) is 2.88. The van der Waals surface area contributed by atoms with Crippen LogP contribution in [0.15, 0.2) is 54.6 Å². The highest BCUT2D eigenvalue weighted by Crippen LogP contribution is 2.31. The lowest BCUT2D eigenvalue weighted by Crippen LogP contribution is -2.25. The molecule has 0 saturated heterocycles. The van der Waals surface area contributed by atoms with E-state index in [4.69, 9.17) is 0 Å². The SMILES string of the molecule is CN(c1ccccc1)C1CCNCc2ccccc21. The minimum atomic E-state index is 0.452. The zero-order valence-corrected chi connectivity index (χ0v) is 11.3. The second-order valence-electron chi connectivity index (χ2n) is 5.13. The molecule has 1 unspecified atom stereocenters. The molecule has 0 radical (unpaired) electrons. The normalized spacial score (nSPS) is 18.5. The summed E-state index contributed by atoms with van der Waals surface area (Å²) in [6, 6.07) is 19.9. The van der Waals surface area contributed by atoms with Crippen molar-refractivity contribution < 1.29 is 0 Å². The van der Waals surface area contributed by atoms with E-state index in [2.05, 4.69) is 71.9 Å². The highest BCUT2D eigenvalue weighted by atomic mass is 15.1. The second-order valence-corrected chi connectivity index (χ2v) is 5.13. The van der Waals surface area contributed by atoms with E-state index in [-0.39, 0.29) is 0 Å². The van der Waals surface area contributed by atoms with Gasteiger partial charge in [0.25, 0.3) is 0 Å². The molecule has 0 amide bonds. The number of anilines is 1. The minimum absolute atomic E-state index is 0.452. The maximum atomic E-state index is 3.51. The standard InChI is InChI=1S/C17H20N2/c1-19(15-8-3-2-4-9-15)17-11-12-18-13-14-7-5-6-10-16(14)17/h2-10,17-18H,11-13H2,1H3. The Bertz CT molecular complexity index is 536. The number of nitrogens with zero attached hydrogens (tertiary/aromatic N) is 1. The molecule has 3 rings (SSSR count). The lowest BCUT2D eigenvalue weighted by molar-refractivity contribution is 0.589. The summed E-state index contributed by atoms with van der Waals surface area (Å²) < 4.78 is 0. The van der Waals surface area contributed by atoms with Crippen LogP contribution in [0.2, 0.25) is 0 Å². The van der Waals surface area contributed by atoms with Crippen molar-refractivity contribution in [1.29, 1.82) is 0 Å². The summed E-state index contributed by atoms with van der Waals surface area (Å²) in [6.07, 6.45) is 1.14. The molecule has 1 N–H and O–H groups in total. The van der Waals surface area contributed by atoms with Gasteiger partial charge in [-0.2, -0.15) is 0 Å². The minimum Gasteiger partial charge on any atom is -0.367 e. The molecule has 0 fully saturated rings. The molecule has 19 heavy (non-hydrogen) atoms. The zero-order valence-electron chi connectivity index (χ0n) is 11.3. The molecular formula is C17H20N2. The quantitative estimate of drug-likeness (QED) is 0.881. The van der Waals surface area contributed by atoms with Crippen LogP contribution in [-0.4, -0.2) is 13.6 Å². The van der Waals surface area contributed by atoms with Crippen molar-refractivity contribution in [3.63, 3.8) is 0 Å². The molecule has 0 aliphatic carbocycles. The highest BCUT2D eigenvalue weighted by Gasteiger charge is 2.21. The number of hydrogen-bond acceptors (Lipinski definition) is 2. The van der Waals surface area contributed by atoms with Crippen molar-refractivity contribution in [2.45, 2.75) is 19.0 Å². The highest BCUT2D eigenvalue weighted by molar-refractivity contribution is 5.49. The van der Waals surface area contributed by atoms with Crippen LogP contribution in [0.3, 0.4) is 0 Å². The fourth-order valence-electron chi connectivity index (χ4n) is 2.88. The first-order valence-corrected chi connectivity index (χ1v) is 6.92. The molecule has 0 spiro atoms. The topological polar surface area (TPSA) is 15.3 Å². The molecule has 1 heterocycles. The lowest BCUT2D eigenvalue weighted by atomic mass is 9.98. The largest absolute Gasteiger partial charge is 0.367 e. The van der Waals surface area contributed by atoms with E-state index in [0.717, 1.165) is 19.5 Å². The Morgan fingerprint density at radius 1 is 1.00 bits per heavy atom. The Balaban J connectivity index is 1.96.